The van der Waals surface area contributed by atoms with Crippen molar-refractivity contribution in [2.75, 3.05) is 25.5 Å². The van der Waals surface area contributed by atoms with Crippen LogP contribution in [0.15, 0.2) is 34.9 Å². The summed E-state index contributed by atoms with van der Waals surface area (Å²) in [5.74, 6) is 0.818. The van der Waals surface area contributed by atoms with E-state index in [1.165, 1.54) is 12.1 Å². The number of nitrogens with zero attached hydrogens (tertiary/aromatic N) is 5. The molecule has 162 valence electrons. The monoisotopic (exact) mass is 423 g/mol. The Bertz CT molecular complexity index is 1090. The lowest BCUT2D eigenvalue weighted by Gasteiger charge is -2.36. The Morgan fingerprint density at radius 2 is 1.90 bits per heavy atom. The highest BCUT2D eigenvalue weighted by Gasteiger charge is 2.34. The summed E-state index contributed by atoms with van der Waals surface area (Å²) in [6.45, 7) is 4.12. The van der Waals surface area contributed by atoms with Gasteiger partial charge in [-0.15, -0.1) is 0 Å². The van der Waals surface area contributed by atoms with Crippen LogP contribution in [-0.2, 0) is 0 Å². The summed E-state index contributed by atoms with van der Waals surface area (Å²) in [6, 6.07) is 6.03. The third-order valence-electron chi connectivity index (χ3n) is 5.54. The van der Waals surface area contributed by atoms with Crippen molar-refractivity contribution in [3.63, 3.8) is 0 Å². The lowest BCUT2D eigenvalue weighted by molar-refractivity contribution is 0.0572. The number of piperidine rings is 1. The van der Waals surface area contributed by atoms with E-state index in [2.05, 4.69) is 9.97 Å². The van der Waals surface area contributed by atoms with Gasteiger partial charge in [-0.2, -0.15) is 0 Å². The van der Waals surface area contributed by atoms with Gasteiger partial charge in [-0.3, -0.25) is 4.79 Å². The maximum absolute atomic E-state index is 13.5. The van der Waals surface area contributed by atoms with E-state index in [1.807, 2.05) is 23.9 Å². The van der Waals surface area contributed by atoms with Gasteiger partial charge in [-0.25, -0.2) is 19.3 Å². The average molecular weight is 423 g/mol. The minimum atomic E-state index is -0.304. The van der Waals surface area contributed by atoms with Gasteiger partial charge >= 0.3 is 0 Å². The van der Waals surface area contributed by atoms with Crippen LogP contribution in [0.5, 0.6) is 0 Å². The number of amides is 1. The normalized spacial score (nSPS) is 16.4. The number of halogens is 1. The zero-order chi connectivity index (χ0) is 22.1. The molecule has 7 nitrogen and oxygen atoms in total. The van der Waals surface area contributed by atoms with Crippen LogP contribution >= 0.6 is 0 Å². The van der Waals surface area contributed by atoms with E-state index >= 15 is 0 Å². The number of carbonyl (C=O) groups is 1. The van der Waals surface area contributed by atoms with Gasteiger partial charge < -0.3 is 14.2 Å². The highest BCUT2D eigenvalue weighted by molar-refractivity contribution is 5.93. The highest BCUT2D eigenvalue weighted by atomic mass is 19.1. The first-order chi connectivity index (χ1) is 14.8. The van der Waals surface area contributed by atoms with Crippen LogP contribution < -0.4 is 4.90 Å². The molecule has 0 spiro atoms. The summed E-state index contributed by atoms with van der Waals surface area (Å²) >= 11 is 0. The van der Waals surface area contributed by atoms with Crippen LogP contribution in [0.2, 0.25) is 0 Å². The summed E-state index contributed by atoms with van der Waals surface area (Å²) < 4.78 is 19.1. The van der Waals surface area contributed by atoms with Gasteiger partial charge in [-0.1, -0.05) is 12.1 Å². The number of anilines is 1. The number of carbonyl (C=O) groups excluding carboxylic acids is 1. The van der Waals surface area contributed by atoms with Crippen molar-refractivity contribution >= 4 is 11.9 Å². The third kappa shape index (κ3) is 4.15. The van der Waals surface area contributed by atoms with Crippen LogP contribution in [0, 0.1) is 19.7 Å². The number of hydrogen-bond donors (Lipinski definition) is 0. The summed E-state index contributed by atoms with van der Waals surface area (Å²) in [6.07, 6.45) is 4.42. The van der Waals surface area contributed by atoms with Crippen molar-refractivity contribution in [2.45, 2.75) is 39.2 Å². The van der Waals surface area contributed by atoms with Crippen LogP contribution in [0.3, 0.4) is 0 Å². The largest absolute Gasteiger partial charge is 0.436 e. The van der Waals surface area contributed by atoms with Crippen LogP contribution in [0.4, 0.5) is 10.3 Å². The number of oxazole rings is 1. The van der Waals surface area contributed by atoms with E-state index in [-0.39, 0.29) is 23.5 Å². The lowest BCUT2D eigenvalue weighted by atomic mass is 9.93. The molecule has 0 radical (unpaired) electrons. The van der Waals surface area contributed by atoms with Crippen molar-refractivity contribution in [1.82, 2.24) is 19.9 Å². The quantitative estimate of drug-likeness (QED) is 0.622. The van der Waals surface area contributed by atoms with Gasteiger partial charge in [0, 0.05) is 39.3 Å². The van der Waals surface area contributed by atoms with E-state index in [4.69, 9.17) is 9.40 Å². The van der Waals surface area contributed by atoms with Gasteiger partial charge in [0.1, 0.15) is 5.82 Å². The molecule has 3 heterocycles. The third-order valence-corrected chi connectivity index (χ3v) is 5.54. The van der Waals surface area contributed by atoms with Crippen molar-refractivity contribution in [3.05, 3.63) is 59.3 Å². The Balaban J connectivity index is 1.81. The molecular weight excluding hydrogens is 397 g/mol. The molecule has 1 aliphatic rings. The zero-order valence-electron chi connectivity index (χ0n) is 18.2. The fourth-order valence-corrected chi connectivity index (χ4v) is 4.03. The Kier molecular flexibility index (Phi) is 5.71. The summed E-state index contributed by atoms with van der Waals surface area (Å²) in [5.41, 5.74) is 2.95. The molecule has 1 aliphatic heterocycles. The number of hydrogen-bond acceptors (Lipinski definition) is 6. The molecule has 1 fully saturated rings. The topological polar surface area (TPSA) is 75.4 Å². The van der Waals surface area contributed by atoms with Gasteiger partial charge in [-0.05, 0) is 43.9 Å². The summed E-state index contributed by atoms with van der Waals surface area (Å²) in [5, 5.41) is 0. The lowest BCUT2D eigenvalue weighted by Crippen LogP contribution is -2.39. The Morgan fingerprint density at radius 1 is 1.16 bits per heavy atom. The van der Waals surface area contributed by atoms with Crippen LogP contribution in [0.25, 0.3) is 11.1 Å². The number of likely N-dealkylation sites (tertiary alicyclic amines) is 1. The Hall–Kier alpha value is -3.29. The summed E-state index contributed by atoms with van der Waals surface area (Å²) in [4.78, 5) is 30.6. The minimum absolute atomic E-state index is 0.183. The van der Waals surface area contributed by atoms with Crippen LogP contribution in [0.1, 0.15) is 53.1 Å². The average Bonchev–Trinajstić information content (AvgIpc) is 3.11. The van der Waals surface area contributed by atoms with E-state index in [1.54, 1.807) is 32.2 Å². The fraction of sp³-hybridized carbons (Fsp3) is 0.391. The number of rotatable bonds is 4. The first kappa shape index (κ1) is 21.0. The van der Waals surface area contributed by atoms with Gasteiger partial charge in [0.15, 0.2) is 5.89 Å². The second-order valence-corrected chi connectivity index (χ2v) is 8.03. The molecule has 2 aromatic heterocycles. The van der Waals surface area contributed by atoms with E-state index in [9.17, 15) is 9.18 Å². The highest BCUT2D eigenvalue weighted by Crippen LogP contribution is 2.37. The molecule has 1 unspecified atom stereocenters. The molecule has 0 N–H and O–H groups in total. The molecule has 1 aromatic carbocycles. The van der Waals surface area contributed by atoms with Gasteiger partial charge in [0.05, 0.1) is 17.4 Å². The predicted molar refractivity (Wildman–Crippen MR) is 115 cm³/mol. The number of aryl methyl sites for hydroxylation is 2. The van der Waals surface area contributed by atoms with Crippen LogP contribution in [-0.4, -0.2) is 46.4 Å². The Labute approximate surface area is 180 Å². The van der Waals surface area contributed by atoms with Gasteiger partial charge in [0.2, 0.25) is 11.7 Å². The Morgan fingerprint density at radius 3 is 2.55 bits per heavy atom. The number of aromatic nitrogens is 3. The smallest absolute Gasteiger partial charge is 0.292 e. The van der Waals surface area contributed by atoms with Gasteiger partial charge in [0.25, 0.3) is 5.91 Å². The first-order valence-electron chi connectivity index (χ1n) is 10.4. The fourth-order valence-electron chi connectivity index (χ4n) is 4.03. The standard InChI is InChI=1S/C23H26FN5O2/c1-14-21(31-15(2)26-14)22(30)29-12-6-5-7-19(29)20-18(13-25-23(27-20)28(3)4)16-8-10-17(24)11-9-16/h8-11,13,19H,5-7,12H2,1-4H3. The molecule has 1 amide bonds. The van der Waals surface area contributed by atoms with Crippen molar-refractivity contribution in [2.24, 2.45) is 0 Å². The molecule has 1 saturated heterocycles. The molecule has 31 heavy (non-hydrogen) atoms. The van der Waals surface area contributed by atoms with Crippen molar-refractivity contribution in [3.8, 4) is 11.1 Å². The predicted octanol–water partition coefficient (Wildman–Crippen LogP) is 4.32. The first-order valence-corrected chi connectivity index (χ1v) is 10.4. The molecular formula is C23H26FN5O2. The molecule has 0 bridgehead atoms. The second kappa shape index (κ2) is 8.45. The maximum Gasteiger partial charge on any atom is 0.292 e. The molecule has 0 aliphatic carbocycles. The van der Waals surface area contributed by atoms with E-state index in [0.717, 1.165) is 36.1 Å². The number of benzene rings is 1. The van der Waals surface area contributed by atoms with Crippen molar-refractivity contribution < 1.29 is 13.6 Å². The SMILES string of the molecule is Cc1nc(C)c(C(=O)N2CCCCC2c2nc(N(C)C)ncc2-c2ccc(F)cc2)o1. The van der Waals surface area contributed by atoms with Crippen molar-refractivity contribution in [1.29, 1.82) is 0 Å². The molecule has 1 atom stereocenters. The zero-order valence-corrected chi connectivity index (χ0v) is 18.2. The molecule has 8 heteroatoms. The minimum Gasteiger partial charge on any atom is -0.436 e. The molecule has 0 saturated carbocycles. The molecule has 3 aromatic rings. The summed E-state index contributed by atoms with van der Waals surface area (Å²) in [7, 11) is 3.75. The molecule has 4 rings (SSSR count). The second-order valence-electron chi connectivity index (χ2n) is 8.03. The maximum atomic E-state index is 13.5. The van der Waals surface area contributed by atoms with E-state index in [0.29, 0.717) is 24.1 Å². The van der Waals surface area contributed by atoms with E-state index < -0.39 is 0 Å².